The second kappa shape index (κ2) is 6.16. The van der Waals surface area contributed by atoms with Crippen LogP contribution in [0.4, 0.5) is 5.69 Å². The number of nitrogens with two attached hydrogens (primary N) is 1. The van der Waals surface area contributed by atoms with Crippen LogP contribution in [-0.2, 0) is 4.74 Å². The highest BCUT2D eigenvalue weighted by Crippen LogP contribution is 2.13. The minimum atomic E-state index is -0.460. The Labute approximate surface area is 97.6 Å². The molecule has 0 unspecified atom stereocenters. The molecule has 0 saturated heterocycles. The third-order valence-electron chi connectivity index (χ3n) is 1.55. The molecule has 0 saturated carbocycles. The highest BCUT2D eigenvalue weighted by atomic mass is 16.6. The van der Waals surface area contributed by atoms with Crippen LogP contribution in [0.3, 0.4) is 0 Å². The zero-order valence-electron chi connectivity index (χ0n) is 10.7. The van der Waals surface area contributed by atoms with Crippen LogP contribution in [0.15, 0.2) is 24.3 Å². The Balaban J connectivity index is 0.00000106. The van der Waals surface area contributed by atoms with Gasteiger partial charge in [-0.1, -0.05) is 13.8 Å². The highest BCUT2D eigenvalue weighted by Gasteiger charge is 2.17. The van der Waals surface area contributed by atoms with Crippen LogP contribution < -0.4 is 5.73 Å². The number of hydrogen-bond donors (Lipinski definition) is 1. The SMILES string of the molecule is CC.CC(C)(C)OC(=O)c1ccc(N)cc1. The second-order valence-corrected chi connectivity index (χ2v) is 4.12. The van der Waals surface area contributed by atoms with E-state index < -0.39 is 5.60 Å². The number of benzene rings is 1. The van der Waals surface area contributed by atoms with Gasteiger partial charge in [0.25, 0.3) is 0 Å². The van der Waals surface area contributed by atoms with Gasteiger partial charge in [0.2, 0.25) is 0 Å². The van der Waals surface area contributed by atoms with Crippen LogP contribution in [-0.4, -0.2) is 11.6 Å². The normalized spacial score (nSPS) is 10.1. The van der Waals surface area contributed by atoms with Crippen LogP contribution in [0.25, 0.3) is 0 Å². The number of rotatable bonds is 1. The van der Waals surface area contributed by atoms with E-state index in [-0.39, 0.29) is 5.97 Å². The van der Waals surface area contributed by atoms with E-state index in [2.05, 4.69) is 0 Å². The molecule has 0 aliphatic rings. The molecule has 0 radical (unpaired) electrons. The molecule has 0 amide bonds. The molecule has 0 spiro atoms. The maximum Gasteiger partial charge on any atom is 0.338 e. The summed E-state index contributed by atoms with van der Waals surface area (Å²) in [6, 6.07) is 6.67. The summed E-state index contributed by atoms with van der Waals surface area (Å²) in [5.74, 6) is -0.322. The molecule has 3 nitrogen and oxygen atoms in total. The largest absolute Gasteiger partial charge is 0.456 e. The molecule has 3 heteroatoms. The van der Waals surface area contributed by atoms with Crippen LogP contribution in [0.2, 0.25) is 0 Å². The van der Waals surface area contributed by atoms with Crippen LogP contribution >= 0.6 is 0 Å². The lowest BCUT2D eigenvalue weighted by Crippen LogP contribution is -2.23. The lowest BCUT2D eigenvalue weighted by molar-refractivity contribution is 0.00696. The second-order valence-electron chi connectivity index (χ2n) is 4.12. The maximum absolute atomic E-state index is 11.5. The molecule has 2 N–H and O–H groups in total. The first kappa shape index (κ1) is 14.5. The van der Waals surface area contributed by atoms with Gasteiger partial charge in [-0.25, -0.2) is 4.79 Å². The van der Waals surface area contributed by atoms with E-state index in [0.717, 1.165) is 0 Å². The first-order chi connectivity index (χ1) is 7.38. The van der Waals surface area contributed by atoms with Crippen molar-refractivity contribution in [3.05, 3.63) is 29.8 Å². The summed E-state index contributed by atoms with van der Waals surface area (Å²) in [5.41, 5.74) is 6.20. The molecular formula is C13H21NO2. The summed E-state index contributed by atoms with van der Waals surface area (Å²) in [7, 11) is 0. The van der Waals surface area contributed by atoms with Crippen molar-refractivity contribution in [2.75, 3.05) is 5.73 Å². The topological polar surface area (TPSA) is 52.3 Å². The van der Waals surface area contributed by atoms with Crippen LogP contribution in [0, 0.1) is 0 Å². The Morgan fingerprint density at radius 1 is 1.12 bits per heavy atom. The van der Waals surface area contributed by atoms with Gasteiger partial charge in [-0.2, -0.15) is 0 Å². The van der Waals surface area contributed by atoms with Crippen molar-refractivity contribution in [2.45, 2.75) is 40.2 Å². The molecular weight excluding hydrogens is 202 g/mol. The summed E-state index contributed by atoms with van der Waals surface area (Å²) >= 11 is 0. The van der Waals surface area contributed by atoms with Crippen molar-refractivity contribution < 1.29 is 9.53 Å². The van der Waals surface area contributed by atoms with Gasteiger partial charge in [0, 0.05) is 5.69 Å². The average Bonchev–Trinajstić information content (AvgIpc) is 2.19. The van der Waals surface area contributed by atoms with Crippen molar-refractivity contribution in [1.29, 1.82) is 0 Å². The average molecular weight is 223 g/mol. The molecule has 16 heavy (non-hydrogen) atoms. The van der Waals surface area contributed by atoms with E-state index in [1.807, 2.05) is 34.6 Å². The molecule has 1 aromatic rings. The molecule has 0 aliphatic carbocycles. The summed E-state index contributed by atoms with van der Waals surface area (Å²) < 4.78 is 5.18. The molecule has 0 atom stereocenters. The van der Waals surface area contributed by atoms with E-state index in [4.69, 9.17) is 10.5 Å². The van der Waals surface area contributed by atoms with E-state index in [9.17, 15) is 4.79 Å². The zero-order valence-corrected chi connectivity index (χ0v) is 10.7. The third kappa shape index (κ3) is 5.39. The quantitative estimate of drug-likeness (QED) is 0.587. The van der Waals surface area contributed by atoms with Gasteiger partial charge in [0.15, 0.2) is 0 Å². The van der Waals surface area contributed by atoms with E-state index in [1.165, 1.54) is 0 Å². The number of carbonyl (C=O) groups is 1. The molecule has 0 aliphatic heterocycles. The summed E-state index contributed by atoms with van der Waals surface area (Å²) in [6.07, 6.45) is 0. The van der Waals surface area contributed by atoms with Gasteiger partial charge in [-0.15, -0.1) is 0 Å². The lowest BCUT2D eigenvalue weighted by atomic mass is 10.1. The van der Waals surface area contributed by atoms with E-state index in [0.29, 0.717) is 11.3 Å². The molecule has 1 aromatic carbocycles. The molecule has 0 bridgehead atoms. The Kier molecular flexibility index (Phi) is 5.57. The fourth-order valence-electron chi connectivity index (χ4n) is 0.956. The van der Waals surface area contributed by atoms with Gasteiger partial charge >= 0.3 is 5.97 Å². The van der Waals surface area contributed by atoms with Gasteiger partial charge in [0.05, 0.1) is 5.56 Å². The third-order valence-corrected chi connectivity index (χ3v) is 1.55. The fraction of sp³-hybridized carbons (Fsp3) is 0.462. The van der Waals surface area contributed by atoms with Gasteiger partial charge < -0.3 is 10.5 Å². The first-order valence-electron chi connectivity index (χ1n) is 5.47. The number of esters is 1. The van der Waals surface area contributed by atoms with E-state index in [1.54, 1.807) is 24.3 Å². The Hall–Kier alpha value is -1.51. The number of ether oxygens (including phenoxy) is 1. The number of hydrogen-bond acceptors (Lipinski definition) is 3. The minimum absolute atomic E-state index is 0.322. The van der Waals surface area contributed by atoms with Gasteiger partial charge in [0.1, 0.15) is 5.60 Å². The smallest absolute Gasteiger partial charge is 0.338 e. The van der Waals surface area contributed by atoms with Crippen molar-refractivity contribution in [3.8, 4) is 0 Å². The Morgan fingerprint density at radius 3 is 1.94 bits per heavy atom. The maximum atomic E-state index is 11.5. The Morgan fingerprint density at radius 2 is 1.56 bits per heavy atom. The summed E-state index contributed by atoms with van der Waals surface area (Å²) in [6.45, 7) is 9.51. The van der Waals surface area contributed by atoms with Crippen molar-refractivity contribution in [3.63, 3.8) is 0 Å². The molecule has 0 aromatic heterocycles. The van der Waals surface area contributed by atoms with Crippen LogP contribution in [0.5, 0.6) is 0 Å². The van der Waals surface area contributed by atoms with Crippen molar-refractivity contribution in [1.82, 2.24) is 0 Å². The number of carbonyl (C=O) groups excluding carboxylic acids is 1. The van der Waals surface area contributed by atoms with Crippen molar-refractivity contribution in [2.24, 2.45) is 0 Å². The first-order valence-corrected chi connectivity index (χ1v) is 5.47. The molecule has 0 heterocycles. The molecule has 1 rings (SSSR count). The predicted octanol–water partition coefficient (Wildman–Crippen LogP) is 3.25. The summed E-state index contributed by atoms with van der Waals surface area (Å²) in [5, 5.41) is 0. The zero-order chi connectivity index (χ0) is 12.8. The van der Waals surface area contributed by atoms with Crippen LogP contribution in [0.1, 0.15) is 45.0 Å². The highest BCUT2D eigenvalue weighted by molar-refractivity contribution is 5.90. The van der Waals surface area contributed by atoms with Crippen molar-refractivity contribution >= 4 is 11.7 Å². The predicted molar refractivity (Wildman–Crippen MR) is 67.4 cm³/mol. The van der Waals surface area contributed by atoms with Gasteiger partial charge in [-0.3, -0.25) is 0 Å². The van der Waals surface area contributed by atoms with E-state index >= 15 is 0 Å². The van der Waals surface area contributed by atoms with Gasteiger partial charge in [-0.05, 0) is 45.0 Å². The standard InChI is InChI=1S/C11H15NO2.C2H6/c1-11(2,3)14-10(13)8-4-6-9(12)7-5-8;1-2/h4-7H,12H2,1-3H3;1-2H3. The fourth-order valence-corrected chi connectivity index (χ4v) is 0.956. The molecule has 90 valence electrons. The molecule has 0 fully saturated rings. The minimum Gasteiger partial charge on any atom is -0.456 e. The number of anilines is 1. The lowest BCUT2D eigenvalue weighted by Gasteiger charge is -2.19. The Bertz CT molecular complexity index is 323. The monoisotopic (exact) mass is 223 g/mol. The number of nitrogen functional groups attached to an aromatic ring is 1. The summed E-state index contributed by atoms with van der Waals surface area (Å²) in [4.78, 5) is 11.5.